The molecule has 1 fully saturated rings. The van der Waals surface area contributed by atoms with Crippen molar-refractivity contribution in [2.75, 3.05) is 34.5 Å². The van der Waals surface area contributed by atoms with Gasteiger partial charge in [0.25, 0.3) is 0 Å². The van der Waals surface area contributed by atoms with Crippen molar-refractivity contribution in [3.8, 4) is 0 Å². The summed E-state index contributed by atoms with van der Waals surface area (Å²) >= 11 is 12.8. The minimum atomic E-state index is 1.01. The molecule has 0 spiro atoms. The average Bonchev–Trinajstić information content (AvgIpc) is 2.41. The second kappa shape index (κ2) is 12.2. The molecule has 4 heteroatoms. The maximum absolute atomic E-state index is 4.26. The molecule has 1 aliphatic rings. The Balaban J connectivity index is 1.95. The van der Waals surface area contributed by atoms with Crippen LogP contribution >= 0.6 is 48.8 Å². The van der Waals surface area contributed by atoms with Crippen LogP contribution < -0.4 is 0 Å². The molecule has 0 saturated heterocycles. The highest BCUT2D eigenvalue weighted by Gasteiger charge is 2.20. The van der Waals surface area contributed by atoms with Crippen LogP contribution in [0.2, 0.25) is 0 Å². The van der Waals surface area contributed by atoms with E-state index in [-0.39, 0.29) is 0 Å². The van der Waals surface area contributed by atoms with Crippen LogP contribution in [0.15, 0.2) is 0 Å². The standard InChI is InChI=1S/C14H28S4/c15-7-1-9-17-11-13-3-5-14(6-4-13)12-18-10-2-8-16/h13-16H,1-12H2. The van der Waals surface area contributed by atoms with Gasteiger partial charge in [0, 0.05) is 0 Å². The zero-order valence-electron chi connectivity index (χ0n) is 11.4. The van der Waals surface area contributed by atoms with Gasteiger partial charge in [-0.15, -0.1) is 0 Å². The molecule has 0 unspecified atom stereocenters. The van der Waals surface area contributed by atoms with E-state index < -0.39 is 0 Å². The first-order valence-electron chi connectivity index (χ1n) is 7.24. The third kappa shape index (κ3) is 8.55. The van der Waals surface area contributed by atoms with E-state index in [2.05, 4.69) is 48.8 Å². The van der Waals surface area contributed by atoms with Crippen LogP contribution in [0.5, 0.6) is 0 Å². The van der Waals surface area contributed by atoms with E-state index in [1.54, 1.807) is 0 Å². The molecule has 0 radical (unpaired) electrons. The predicted octanol–water partition coefficient (Wildman–Crippen LogP) is 4.90. The van der Waals surface area contributed by atoms with Crippen LogP contribution in [0, 0.1) is 11.8 Å². The summed E-state index contributed by atoms with van der Waals surface area (Å²) < 4.78 is 0. The first kappa shape index (κ1) is 17.5. The lowest BCUT2D eigenvalue weighted by molar-refractivity contribution is 0.315. The highest BCUT2D eigenvalue weighted by molar-refractivity contribution is 7.99. The van der Waals surface area contributed by atoms with E-state index >= 15 is 0 Å². The van der Waals surface area contributed by atoms with Gasteiger partial charge in [0.2, 0.25) is 0 Å². The number of thiol groups is 2. The molecule has 0 bridgehead atoms. The molecule has 0 N–H and O–H groups in total. The first-order chi connectivity index (χ1) is 8.86. The summed E-state index contributed by atoms with van der Waals surface area (Å²) in [4.78, 5) is 0. The van der Waals surface area contributed by atoms with Gasteiger partial charge in [-0.3, -0.25) is 0 Å². The zero-order valence-corrected chi connectivity index (χ0v) is 14.8. The van der Waals surface area contributed by atoms with Crippen molar-refractivity contribution in [3.63, 3.8) is 0 Å². The number of thioether (sulfide) groups is 2. The molecule has 1 saturated carbocycles. The summed E-state index contributed by atoms with van der Waals surface area (Å²) in [6, 6.07) is 0. The molecular weight excluding hydrogens is 296 g/mol. The van der Waals surface area contributed by atoms with Gasteiger partial charge >= 0.3 is 0 Å². The first-order valence-corrected chi connectivity index (χ1v) is 10.8. The van der Waals surface area contributed by atoms with Crippen LogP contribution in [0.25, 0.3) is 0 Å². The summed E-state index contributed by atoms with van der Waals surface area (Å²) in [5.41, 5.74) is 0. The van der Waals surface area contributed by atoms with Crippen molar-refractivity contribution in [3.05, 3.63) is 0 Å². The van der Waals surface area contributed by atoms with E-state index in [1.807, 2.05) is 0 Å². The minimum absolute atomic E-state index is 1.01. The van der Waals surface area contributed by atoms with Crippen molar-refractivity contribution in [2.45, 2.75) is 38.5 Å². The van der Waals surface area contributed by atoms with E-state index in [0.29, 0.717) is 0 Å². The topological polar surface area (TPSA) is 0 Å². The van der Waals surface area contributed by atoms with Crippen molar-refractivity contribution >= 4 is 48.8 Å². The molecule has 0 nitrogen and oxygen atoms in total. The number of rotatable bonds is 10. The Hall–Kier alpha value is 1.40. The molecular formula is C14H28S4. The average molecular weight is 325 g/mol. The van der Waals surface area contributed by atoms with Gasteiger partial charge in [0.05, 0.1) is 0 Å². The van der Waals surface area contributed by atoms with Crippen molar-refractivity contribution < 1.29 is 0 Å². The minimum Gasteiger partial charge on any atom is -0.179 e. The lowest BCUT2D eigenvalue weighted by atomic mass is 9.84. The Morgan fingerprint density at radius 2 is 1.11 bits per heavy atom. The summed E-state index contributed by atoms with van der Waals surface area (Å²) in [7, 11) is 0. The van der Waals surface area contributed by atoms with Gasteiger partial charge in [-0.2, -0.15) is 48.8 Å². The van der Waals surface area contributed by atoms with Crippen LogP contribution in [0.1, 0.15) is 38.5 Å². The molecule has 18 heavy (non-hydrogen) atoms. The Bertz CT molecular complexity index is 159. The molecule has 0 aliphatic heterocycles. The largest absolute Gasteiger partial charge is 0.179 e. The second-order valence-corrected chi connectivity index (χ2v) is 8.38. The van der Waals surface area contributed by atoms with E-state index in [1.165, 1.54) is 61.5 Å². The third-order valence-electron chi connectivity index (χ3n) is 3.57. The van der Waals surface area contributed by atoms with Crippen LogP contribution in [0.4, 0.5) is 0 Å². The summed E-state index contributed by atoms with van der Waals surface area (Å²) in [6.45, 7) is 0. The highest BCUT2D eigenvalue weighted by atomic mass is 32.2. The summed E-state index contributed by atoms with van der Waals surface area (Å²) in [5.74, 6) is 9.52. The second-order valence-electron chi connectivity index (χ2n) is 5.19. The SMILES string of the molecule is SCCCSCC1CCC(CSCCCS)CC1. The highest BCUT2D eigenvalue weighted by Crippen LogP contribution is 2.32. The van der Waals surface area contributed by atoms with Crippen LogP contribution in [-0.4, -0.2) is 34.5 Å². The maximum Gasteiger partial charge on any atom is -0.00391 e. The van der Waals surface area contributed by atoms with Crippen LogP contribution in [-0.2, 0) is 0 Å². The lowest BCUT2D eigenvalue weighted by Gasteiger charge is -2.28. The molecule has 0 aromatic heterocycles. The molecule has 0 aromatic carbocycles. The zero-order chi connectivity index (χ0) is 13.1. The molecule has 1 aliphatic carbocycles. The molecule has 0 heterocycles. The Morgan fingerprint density at radius 3 is 1.44 bits per heavy atom. The van der Waals surface area contributed by atoms with Crippen molar-refractivity contribution in [2.24, 2.45) is 11.8 Å². The fraction of sp³-hybridized carbons (Fsp3) is 1.00. The number of hydrogen-bond donors (Lipinski definition) is 2. The predicted molar refractivity (Wildman–Crippen MR) is 97.0 cm³/mol. The summed E-state index contributed by atoms with van der Waals surface area (Å²) in [5, 5.41) is 0. The maximum atomic E-state index is 4.26. The van der Waals surface area contributed by atoms with Gasteiger partial charge < -0.3 is 0 Å². The summed E-state index contributed by atoms with van der Waals surface area (Å²) in [6.07, 6.45) is 8.45. The molecule has 0 atom stereocenters. The third-order valence-corrected chi connectivity index (χ3v) is 6.77. The van der Waals surface area contributed by atoms with Crippen LogP contribution in [0.3, 0.4) is 0 Å². The molecule has 0 amide bonds. The van der Waals surface area contributed by atoms with E-state index in [0.717, 1.165) is 23.3 Å². The Morgan fingerprint density at radius 1 is 0.722 bits per heavy atom. The monoisotopic (exact) mass is 324 g/mol. The Kier molecular flexibility index (Phi) is 11.8. The van der Waals surface area contributed by atoms with Gasteiger partial charge in [-0.25, -0.2) is 0 Å². The normalized spacial score (nSPS) is 24.3. The molecule has 0 aromatic rings. The number of hydrogen-bond acceptors (Lipinski definition) is 4. The van der Waals surface area contributed by atoms with Gasteiger partial charge in [-0.1, -0.05) is 0 Å². The fourth-order valence-electron chi connectivity index (χ4n) is 2.40. The van der Waals surface area contributed by atoms with Gasteiger partial charge in [-0.05, 0) is 84.9 Å². The lowest BCUT2D eigenvalue weighted by Crippen LogP contribution is -2.18. The smallest absolute Gasteiger partial charge is 0.00391 e. The van der Waals surface area contributed by atoms with Gasteiger partial charge in [0.15, 0.2) is 0 Å². The van der Waals surface area contributed by atoms with E-state index in [9.17, 15) is 0 Å². The van der Waals surface area contributed by atoms with Gasteiger partial charge in [0.1, 0.15) is 0 Å². The Labute approximate surface area is 133 Å². The quantitative estimate of drug-likeness (QED) is 0.433. The molecule has 1 rings (SSSR count). The molecule has 108 valence electrons. The fourth-order valence-corrected chi connectivity index (χ4v) is 5.51. The van der Waals surface area contributed by atoms with Crippen molar-refractivity contribution in [1.29, 1.82) is 0 Å². The van der Waals surface area contributed by atoms with E-state index in [4.69, 9.17) is 0 Å². The van der Waals surface area contributed by atoms with Crippen molar-refractivity contribution in [1.82, 2.24) is 0 Å².